The maximum absolute atomic E-state index is 11.1. The first kappa shape index (κ1) is 16.3. The molecule has 5 heteroatoms. The standard InChI is InChI=1S/C8H19O3P.Mg.2H/c1-3-5-6-7-8-12(9,10)11-4-2;;;/h3-8H2,1-2H3,(H,9,10);;;/q;+2;2*-1. The summed E-state index contributed by atoms with van der Waals surface area (Å²) in [6, 6.07) is 0. The second kappa shape index (κ2) is 9.47. The second-order valence-corrected chi connectivity index (χ2v) is 4.82. The van der Waals surface area contributed by atoms with Crippen LogP contribution < -0.4 is 0 Å². The van der Waals surface area contributed by atoms with Crippen LogP contribution in [0.3, 0.4) is 0 Å². The second-order valence-electron chi connectivity index (χ2n) is 2.84. The van der Waals surface area contributed by atoms with E-state index < -0.39 is 7.60 Å². The maximum atomic E-state index is 11.1. The van der Waals surface area contributed by atoms with E-state index in [4.69, 9.17) is 9.42 Å². The smallest absolute Gasteiger partial charge is 1.00 e. The molecule has 0 aromatic heterocycles. The summed E-state index contributed by atoms with van der Waals surface area (Å²) < 4.78 is 15.8. The summed E-state index contributed by atoms with van der Waals surface area (Å²) in [4.78, 5) is 9.15. The summed E-state index contributed by atoms with van der Waals surface area (Å²) in [6.45, 7) is 4.16. The van der Waals surface area contributed by atoms with Crippen LogP contribution in [0.4, 0.5) is 0 Å². The van der Waals surface area contributed by atoms with Crippen molar-refractivity contribution in [2.75, 3.05) is 12.8 Å². The van der Waals surface area contributed by atoms with Crippen LogP contribution in [0.2, 0.25) is 0 Å². The fraction of sp³-hybridized carbons (Fsp3) is 1.00. The van der Waals surface area contributed by atoms with Crippen molar-refractivity contribution in [2.24, 2.45) is 0 Å². The van der Waals surface area contributed by atoms with Gasteiger partial charge in [-0.3, -0.25) is 4.57 Å². The molecule has 0 amide bonds. The van der Waals surface area contributed by atoms with Gasteiger partial charge in [0.2, 0.25) is 0 Å². The van der Waals surface area contributed by atoms with Crippen molar-refractivity contribution in [1.29, 1.82) is 0 Å². The first-order valence-electron chi connectivity index (χ1n) is 4.58. The Bertz CT molecular complexity index is 161. The molecule has 3 nitrogen and oxygen atoms in total. The van der Waals surface area contributed by atoms with E-state index in [-0.39, 0.29) is 25.9 Å². The predicted octanol–water partition coefficient (Wildman–Crippen LogP) is 2.63. The van der Waals surface area contributed by atoms with Crippen molar-refractivity contribution in [3.05, 3.63) is 0 Å². The number of unbranched alkanes of at least 4 members (excludes halogenated alkanes) is 3. The van der Waals surface area contributed by atoms with Gasteiger partial charge in [-0.1, -0.05) is 26.2 Å². The summed E-state index contributed by atoms with van der Waals surface area (Å²) in [5.74, 6) is 0. The van der Waals surface area contributed by atoms with Crippen molar-refractivity contribution >= 4 is 30.6 Å². The van der Waals surface area contributed by atoms with E-state index in [0.717, 1.165) is 25.7 Å². The monoisotopic (exact) mass is 220 g/mol. The molecule has 0 aliphatic carbocycles. The Balaban J connectivity index is -0.000000202. The van der Waals surface area contributed by atoms with E-state index in [9.17, 15) is 4.57 Å². The molecule has 0 bridgehead atoms. The van der Waals surface area contributed by atoms with Crippen molar-refractivity contribution in [3.8, 4) is 0 Å². The largest absolute Gasteiger partial charge is 2.00 e. The topological polar surface area (TPSA) is 46.5 Å². The van der Waals surface area contributed by atoms with Crippen molar-refractivity contribution in [3.63, 3.8) is 0 Å². The first-order chi connectivity index (χ1) is 5.62. The molecule has 0 rings (SSSR count). The van der Waals surface area contributed by atoms with Crippen LogP contribution in [0.1, 0.15) is 42.4 Å². The van der Waals surface area contributed by atoms with Gasteiger partial charge in [0.1, 0.15) is 0 Å². The molecule has 0 aromatic carbocycles. The molecule has 0 fully saturated rings. The van der Waals surface area contributed by atoms with Crippen LogP contribution in [0, 0.1) is 0 Å². The Morgan fingerprint density at radius 1 is 1.31 bits per heavy atom. The van der Waals surface area contributed by atoms with E-state index in [2.05, 4.69) is 6.92 Å². The van der Waals surface area contributed by atoms with Crippen LogP contribution in [0.15, 0.2) is 0 Å². The molecule has 13 heavy (non-hydrogen) atoms. The van der Waals surface area contributed by atoms with E-state index >= 15 is 0 Å². The van der Waals surface area contributed by atoms with Crippen molar-refractivity contribution < 1.29 is 16.8 Å². The zero-order valence-corrected chi connectivity index (χ0v) is 11.0. The van der Waals surface area contributed by atoms with Gasteiger partial charge in [0.05, 0.1) is 6.61 Å². The van der Waals surface area contributed by atoms with Crippen LogP contribution in [0.25, 0.3) is 0 Å². The summed E-state index contributed by atoms with van der Waals surface area (Å²) in [5, 5.41) is 0. The van der Waals surface area contributed by atoms with Crippen molar-refractivity contribution in [1.82, 2.24) is 0 Å². The quantitative estimate of drug-likeness (QED) is 0.408. The van der Waals surface area contributed by atoms with Gasteiger partial charge in [0, 0.05) is 6.16 Å². The molecule has 0 heterocycles. The van der Waals surface area contributed by atoms with Crippen LogP contribution in [0.5, 0.6) is 0 Å². The molecule has 1 N–H and O–H groups in total. The number of hydrogen-bond donors (Lipinski definition) is 1. The van der Waals surface area contributed by atoms with E-state index in [0.29, 0.717) is 12.8 Å². The molecule has 0 aromatic rings. The number of hydrogen-bond acceptors (Lipinski definition) is 2. The van der Waals surface area contributed by atoms with Crippen LogP contribution in [-0.4, -0.2) is 40.7 Å². The first-order valence-corrected chi connectivity index (χ1v) is 6.35. The molecular formula is C8H21MgO3P. The Hall–Kier alpha value is 0.916. The molecule has 0 saturated heterocycles. The van der Waals surface area contributed by atoms with E-state index in [1.165, 1.54) is 0 Å². The summed E-state index contributed by atoms with van der Waals surface area (Å²) >= 11 is 0. The minimum Gasteiger partial charge on any atom is -1.00 e. The maximum Gasteiger partial charge on any atom is 2.00 e. The molecular weight excluding hydrogens is 199 g/mol. The minimum absolute atomic E-state index is 0. The minimum atomic E-state index is -3.23. The van der Waals surface area contributed by atoms with Gasteiger partial charge in [-0.2, -0.15) is 0 Å². The van der Waals surface area contributed by atoms with Crippen molar-refractivity contribution in [2.45, 2.75) is 39.5 Å². The average molecular weight is 221 g/mol. The molecule has 0 radical (unpaired) electrons. The fourth-order valence-electron chi connectivity index (χ4n) is 1.00. The Labute approximate surface area is 99.9 Å². The van der Waals surface area contributed by atoms with Gasteiger partial charge < -0.3 is 12.3 Å². The predicted molar refractivity (Wildman–Crippen MR) is 58.4 cm³/mol. The third-order valence-corrected chi connectivity index (χ3v) is 3.17. The molecule has 0 saturated carbocycles. The number of rotatable bonds is 7. The molecule has 1 unspecified atom stereocenters. The van der Waals surface area contributed by atoms with Gasteiger partial charge in [0.15, 0.2) is 0 Å². The third-order valence-electron chi connectivity index (χ3n) is 1.63. The summed E-state index contributed by atoms with van der Waals surface area (Å²) in [7, 11) is -3.23. The SMILES string of the molecule is CCCCCCP(=O)(O)OCC.[H-].[H-].[Mg+2]. The Morgan fingerprint density at radius 2 is 1.92 bits per heavy atom. The van der Waals surface area contributed by atoms with Gasteiger partial charge in [-0.05, 0) is 13.3 Å². The van der Waals surface area contributed by atoms with Crippen LogP contribution >= 0.6 is 7.60 Å². The van der Waals surface area contributed by atoms with Gasteiger partial charge >= 0.3 is 30.6 Å². The summed E-state index contributed by atoms with van der Waals surface area (Å²) in [5.41, 5.74) is 0. The normalized spacial score (nSPS) is 14.7. The Kier molecular flexibility index (Phi) is 11.9. The zero-order valence-electron chi connectivity index (χ0n) is 10.7. The van der Waals surface area contributed by atoms with Gasteiger partial charge in [-0.15, -0.1) is 0 Å². The van der Waals surface area contributed by atoms with Crippen LogP contribution in [-0.2, 0) is 9.09 Å². The van der Waals surface area contributed by atoms with E-state index in [1.54, 1.807) is 6.92 Å². The average Bonchev–Trinajstić information content (AvgIpc) is 1.98. The third kappa shape index (κ3) is 10.8. The molecule has 78 valence electrons. The summed E-state index contributed by atoms with van der Waals surface area (Å²) in [6.07, 6.45) is 4.40. The van der Waals surface area contributed by atoms with E-state index in [1.807, 2.05) is 0 Å². The molecule has 0 spiro atoms. The zero-order chi connectivity index (χ0) is 9.45. The van der Waals surface area contributed by atoms with Gasteiger partial charge in [0.25, 0.3) is 0 Å². The fourth-order valence-corrected chi connectivity index (χ4v) is 2.16. The molecule has 0 aliphatic rings. The van der Waals surface area contributed by atoms with Gasteiger partial charge in [-0.25, -0.2) is 0 Å². The molecule has 1 atom stereocenters. The Morgan fingerprint density at radius 3 is 2.38 bits per heavy atom. The molecule has 0 aliphatic heterocycles.